The fraction of sp³-hybridized carbons (Fsp3) is 0.321. The summed E-state index contributed by atoms with van der Waals surface area (Å²) in [6.07, 6.45) is 0. The number of rotatable bonds is 7. The number of carbonyl (C=O) groups excluding carboxylic acids is 1. The molecule has 1 aliphatic rings. The van der Waals surface area contributed by atoms with Gasteiger partial charge < -0.3 is 4.90 Å². The van der Waals surface area contributed by atoms with Crippen LogP contribution in [0.25, 0.3) is 0 Å². The third kappa shape index (κ3) is 6.63. The molecule has 9 heteroatoms. The summed E-state index contributed by atoms with van der Waals surface area (Å²) >= 11 is 6.61. The van der Waals surface area contributed by atoms with Gasteiger partial charge in [0.1, 0.15) is 4.90 Å². The molecule has 0 bridgehead atoms. The number of nitrogens with one attached hydrogen (secondary N) is 1. The molecule has 6 nitrogen and oxygen atoms in total. The van der Waals surface area contributed by atoms with Gasteiger partial charge >= 0.3 is 0 Å². The van der Waals surface area contributed by atoms with Crippen LogP contribution in [0.15, 0.2) is 86.6 Å². The Hall–Kier alpha value is -2.20. The minimum atomic E-state index is -3.80. The van der Waals surface area contributed by atoms with Gasteiger partial charge in [-0.25, -0.2) is 8.42 Å². The summed E-state index contributed by atoms with van der Waals surface area (Å²) in [4.78, 5) is 17.8. The van der Waals surface area contributed by atoms with Crippen molar-refractivity contribution in [3.63, 3.8) is 0 Å². The summed E-state index contributed by atoms with van der Waals surface area (Å²) in [5.74, 6) is 0.566. The highest BCUT2D eigenvalue weighted by atomic mass is 79.9. The molecular formula is C28H31Br2N3O3S. The van der Waals surface area contributed by atoms with Gasteiger partial charge in [0.25, 0.3) is 15.9 Å². The first-order valence-electron chi connectivity index (χ1n) is 12.2. The average Bonchev–Trinajstić information content (AvgIpc) is 2.85. The van der Waals surface area contributed by atoms with Gasteiger partial charge in [0, 0.05) is 52.9 Å². The molecule has 196 valence electrons. The fourth-order valence-corrected chi connectivity index (χ4v) is 7.87. The maximum absolute atomic E-state index is 13.4. The zero-order valence-electron chi connectivity index (χ0n) is 21.1. The van der Waals surface area contributed by atoms with Crippen LogP contribution in [0.3, 0.4) is 0 Å². The molecule has 0 spiro atoms. The predicted molar refractivity (Wildman–Crippen MR) is 155 cm³/mol. The van der Waals surface area contributed by atoms with Crippen LogP contribution in [-0.2, 0) is 16.6 Å². The number of amides is 1. The summed E-state index contributed by atoms with van der Waals surface area (Å²) in [5, 5.41) is 0. The molecule has 3 aromatic rings. The summed E-state index contributed by atoms with van der Waals surface area (Å²) < 4.78 is 29.5. The van der Waals surface area contributed by atoms with E-state index >= 15 is 0 Å². The average molecular weight is 649 g/mol. The molecule has 1 amide bonds. The summed E-state index contributed by atoms with van der Waals surface area (Å²) in [7, 11) is -1.93. The topological polar surface area (TPSA) is 69.7 Å². The van der Waals surface area contributed by atoms with E-state index in [0.29, 0.717) is 32.0 Å². The SMILES string of the molecule is CC1CN(Cc2ccccc2)CC(C)C1N(C)C(=O)c1ccc(NS(=O)(=O)c2cc(Br)ccc2Br)cc1. The molecule has 1 heterocycles. The number of likely N-dealkylation sites (tertiary alicyclic amines) is 1. The summed E-state index contributed by atoms with van der Waals surface area (Å²) in [6, 6.07) is 22.1. The van der Waals surface area contributed by atoms with Crippen molar-refractivity contribution in [1.29, 1.82) is 0 Å². The van der Waals surface area contributed by atoms with E-state index in [9.17, 15) is 13.2 Å². The van der Waals surface area contributed by atoms with E-state index in [1.54, 1.807) is 36.4 Å². The number of hydrogen-bond acceptors (Lipinski definition) is 4. The predicted octanol–water partition coefficient (Wildman–Crippen LogP) is 6.24. The lowest BCUT2D eigenvalue weighted by Crippen LogP contribution is -2.55. The minimum Gasteiger partial charge on any atom is -0.338 e. The highest BCUT2D eigenvalue weighted by molar-refractivity contribution is 9.11. The first-order chi connectivity index (χ1) is 17.5. The number of nitrogens with zero attached hydrogens (tertiary/aromatic N) is 2. The van der Waals surface area contributed by atoms with Crippen LogP contribution in [0.2, 0.25) is 0 Å². The molecule has 1 aliphatic heterocycles. The van der Waals surface area contributed by atoms with Crippen molar-refractivity contribution in [1.82, 2.24) is 9.80 Å². The van der Waals surface area contributed by atoms with E-state index < -0.39 is 10.0 Å². The van der Waals surface area contributed by atoms with Crippen molar-refractivity contribution in [2.24, 2.45) is 11.8 Å². The Balaban J connectivity index is 1.42. The smallest absolute Gasteiger partial charge is 0.263 e. The zero-order chi connectivity index (χ0) is 26.7. The van der Waals surface area contributed by atoms with Crippen LogP contribution >= 0.6 is 31.9 Å². The Morgan fingerprint density at radius 1 is 0.973 bits per heavy atom. The van der Waals surface area contributed by atoms with Crippen molar-refractivity contribution in [2.75, 3.05) is 24.9 Å². The van der Waals surface area contributed by atoms with Gasteiger partial charge in [0.05, 0.1) is 0 Å². The van der Waals surface area contributed by atoms with Crippen LogP contribution in [0, 0.1) is 11.8 Å². The molecule has 1 N–H and O–H groups in total. The molecule has 0 aromatic heterocycles. The first-order valence-corrected chi connectivity index (χ1v) is 15.2. The largest absolute Gasteiger partial charge is 0.338 e. The molecule has 3 aromatic carbocycles. The molecular weight excluding hydrogens is 618 g/mol. The molecule has 37 heavy (non-hydrogen) atoms. The van der Waals surface area contributed by atoms with E-state index in [-0.39, 0.29) is 16.8 Å². The van der Waals surface area contributed by atoms with Crippen molar-refractivity contribution in [2.45, 2.75) is 31.3 Å². The Bertz CT molecular complexity index is 1340. The Labute approximate surface area is 236 Å². The molecule has 0 aliphatic carbocycles. The highest BCUT2D eigenvalue weighted by Crippen LogP contribution is 2.30. The minimum absolute atomic E-state index is 0.0654. The van der Waals surface area contributed by atoms with Crippen LogP contribution in [0.4, 0.5) is 5.69 Å². The van der Waals surface area contributed by atoms with E-state index in [4.69, 9.17) is 0 Å². The van der Waals surface area contributed by atoms with Crippen molar-refractivity contribution in [3.05, 3.63) is 92.9 Å². The lowest BCUT2D eigenvalue weighted by Gasteiger charge is -2.45. The van der Waals surface area contributed by atoms with Crippen molar-refractivity contribution < 1.29 is 13.2 Å². The number of benzene rings is 3. The van der Waals surface area contributed by atoms with E-state index in [1.807, 2.05) is 18.0 Å². The molecule has 0 saturated carbocycles. The van der Waals surface area contributed by atoms with Gasteiger partial charge in [-0.2, -0.15) is 0 Å². The van der Waals surface area contributed by atoms with Gasteiger partial charge in [-0.15, -0.1) is 0 Å². The van der Waals surface area contributed by atoms with E-state index in [2.05, 4.69) is 79.6 Å². The van der Waals surface area contributed by atoms with Crippen molar-refractivity contribution >= 4 is 53.5 Å². The molecule has 1 fully saturated rings. The van der Waals surface area contributed by atoms with Crippen LogP contribution in [-0.4, -0.2) is 50.3 Å². The van der Waals surface area contributed by atoms with Crippen molar-refractivity contribution in [3.8, 4) is 0 Å². The van der Waals surface area contributed by atoms with Gasteiger partial charge in [0.2, 0.25) is 0 Å². The standard InChI is InChI=1S/C28H31Br2N3O3S/c1-19-16-33(18-21-7-5-4-6-8-21)17-20(2)27(19)32(3)28(34)22-9-12-24(13-10-22)31-37(35,36)26-15-23(29)11-14-25(26)30/h4-15,19-20,27,31H,16-18H2,1-3H3. The van der Waals surface area contributed by atoms with Gasteiger partial charge in [-0.1, -0.05) is 60.1 Å². The summed E-state index contributed by atoms with van der Waals surface area (Å²) in [6.45, 7) is 7.18. The molecule has 2 unspecified atom stereocenters. The monoisotopic (exact) mass is 647 g/mol. The number of sulfonamides is 1. The highest BCUT2D eigenvalue weighted by Gasteiger charge is 2.36. The molecule has 2 atom stereocenters. The number of hydrogen-bond donors (Lipinski definition) is 1. The van der Waals surface area contributed by atoms with E-state index in [0.717, 1.165) is 19.6 Å². The Kier molecular flexibility index (Phi) is 8.78. The maximum atomic E-state index is 13.4. The van der Waals surface area contributed by atoms with E-state index in [1.165, 1.54) is 11.6 Å². The lowest BCUT2D eigenvalue weighted by atomic mass is 9.84. The summed E-state index contributed by atoms with van der Waals surface area (Å²) in [5.41, 5.74) is 2.22. The van der Waals surface area contributed by atoms with Gasteiger partial charge in [0.15, 0.2) is 0 Å². The normalized spacial score (nSPS) is 20.4. The second-order valence-electron chi connectivity index (χ2n) is 9.80. The maximum Gasteiger partial charge on any atom is 0.263 e. The molecule has 0 radical (unpaired) electrons. The van der Waals surface area contributed by atoms with Crippen LogP contribution < -0.4 is 4.72 Å². The third-order valence-electron chi connectivity index (χ3n) is 6.84. The van der Waals surface area contributed by atoms with Gasteiger partial charge in [-0.05, 0) is 75.8 Å². The molecule has 4 rings (SSSR count). The van der Waals surface area contributed by atoms with Crippen LogP contribution in [0.5, 0.6) is 0 Å². The fourth-order valence-electron chi connectivity index (χ4n) is 5.31. The molecule has 1 saturated heterocycles. The Morgan fingerprint density at radius 2 is 1.59 bits per heavy atom. The number of halogens is 2. The third-order valence-corrected chi connectivity index (χ3v) is 9.71. The quantitative estimate of drug-likeness (QED) is 0.329. The van der Waals surface area contributed by atoms with Crippen LogP contribution in [0.1, 0.15) is 29.8 Å². The number of anilines is 1. The Morgan fingerprint density at radius 3 is 2.22 bits per heavy atom. The number of piperidine rings is 1. The number of carbonyl (C=O) groups is 1. The van der Waals surface area contributed by atoms with Gasteiger partial charge in [-0.3, -0.25) is 14.4 Å². The first kappa shape index (κ1) is 27.8. The lowest BCUT2D eigenvalue weighted by molar-refractivity contribution is 0.0271. The second kappa shape index (κ2) is 11.7. The zero-order valence-corrected chi connectivity index (χ0v) is 25.1. The second-order valence-corrected chi connectivity index (χ2v) is 13.2.